The Morgan fingerprint density at radius 3 is 1.50 bits per heavy atom. The van der Waals surface area contributed by atoms with Gasteiger partial charge < -0.3 is 25.2 Å². The molecule has 0 spiro atoms. The number of carboxylic acids is 1. The second kappa shape index (κ2) is 38.8. The zero-order valence-corrected chi connectivity index (χ0v) is 35.3. The number of hydrogen-bond acceptors (Lipinski definition) is 9. The number of esters is 2. The number of carbonyl (C=O) groups excluding carboxylic acids is 2. The molecule has 0 radical (unpaired) electrons. The molecule has 0 aromatic rings. The molecule has 0 aliphatic heterocycles. The van der Waals surface area contributed by atoms with E-state index in [9.17, 15) is 23.8 Å². The molecular formula is C44H74NO10P. The average Bonchev–Trinajstić information content (AvgIpc) is 3.17. The Bertz CT molecular complexity index is 1230. The van der Waals surface area contributed by atoms with Crippen LogP contribution < -0.4 is 5.73 Å². The highest BCUT2D eigenvalue weighted by Crippen LogP contribution is 2.43. The van der Waals surface area contributed by atoms with Crippen LogP contribution >= 0.6 is 7.82 Å². The molecule has 56 heavy (non-hydrogen) atoms. The SMILES string of the molecule is CCCCC/C=C\C/C=C\C/C=C\CCCCC(=O)O[C@H](COC(=O)CCC/C=C\C/C=C\C/C=C\CCCCCCCC)COP(=O)(O)OC[C@H](N)C(=O)O. The van der Waals surface area contributed by atoms with Crippen LogP contribution in [-0.2, 0) is 37.5 Å². The van der Waals surface area contributed by atoms with Crippen molar-refractivity contribution >= 4 is 25.7 Å². The third-order valence-corrected chi connectivity index (χ3v) is 9.38. The van der Waals surface area contributed by atoms with Crippen molar-refractivity contribution in [3.63, 3.8) is 0 Å². The molecule has 0 aromatic heterocycles. The van der Waals surface area contributed by atoms with Crippen molar-refractivity contribution in [1.82, 2.24) is 0 Å². The molecule has 1 unspecified atom stereocenters. The highest BCUT2D eigenvalue weighted by Gasteiger charge is 2.28. The van der Waals surface area contributed by atoms with E-state index in [1.165, 1.54) is 57.8 Å². The topological polar surface area (TPSA) is 172 Å². The van der Waals surface area contributed by atoms with E-state index in [0.29, 0.717) is 19.3 Å². The summed E-state index contributed by atoms with van der Waals surface area (Å²) in [6, 6.07) is -1.54. The first kappa shape index (κ1) is 52.9. The fraction of sp³-hybridized carbons (Fsp3) is 0.659. The number of aliphatic carboxylic acids is 1. The van der Waals surface area contributed by atoms with E-state index in [0.717, 1.165) is 51.4 Å². The molecule has 0 saturated carbocycles. The van der Waals surface area contributed by atoms with Gasteiger partial charge in [-0.25, -0.2) is 4.57 Å². The Labute approximate surface area is 338 Å². The van der Waals surface area contributed by atoms with E-state index in [4.69, 9.17) is 24.8 Å². The summed E-state index contributed by atoms with van der Waals surface area (Å²) in [7, 11) is -4.74. The predicted octanol–water partition coefficient (Wildman–Crippen LogP) is 10.9. The minimum atomic E-state index is -4.74. The molecule has 0 aliphatic rings. The number of phosphoric acid groups is 1. The van der Waals surface area contributed by atoms with E-state index >= 15 is 0 Å². The highest BCUT2D eigenvalue weighted by molar-refractivity contribution is 7.47. The molecule has 0 amide bonds. The van der Waals surface area contributed by atoms with Gasteiger partial charge in [0, 0.05) is 12.8 Å². The van der Waals surface area contributed by atoms with Crippen LogP contribution in [0.5, 0.6) is 0 Å². The smallest absolute Gasteiger partial charge is 0.472 e. The summed E-state index contributed by atoms with van der Waals surface area (Å²) < 4.78 is 32.5. The second-order valence-corrected chi connectivity index (χ2v) is 15.2. The molecule has 0 aliphatic carbocycles. The number of hydrogen-bond donors (Lipinski definition) is 3. The number of nitrogens with two attached hydrogens (primary N) is 1. The van der Waals surface area contributed by atoms with Crippen LogP contribution in [0.15, 0.2) is 72.9 Å². The van der Waals surface area contributed by atoms with Gasteiger partial charge in [0.25, 0.3) is 0 Å². The molecule has 12 heteroatoms. The maximum Gasteiger partial charge on any atom is 0.472 e. The summed E-state index contributed by atoms with van der Waals surface area (Å²) >= 11 is 0. The normalized spacial score (nSPS) is 14.5. The van der Waals surface area contributed by atoms with Gasteiger partial charge in [0.1, 0.15) is 12.6 Å². The third-order valence-electron chi connectivity index (χ3n) is 8.43. The Morgan fingerprint density at radius 2 is 0.964 bits per heavy atom. The molecule has 0 fully saturated rings. The zero-order chi connectivity index (χ0) is 41.4. The van der Waals surface area contributed by atoms with Crippen LogP contribution in [0.4, 0.5) is 0 Å². The fourth-order valence-corrected chi connectivity index (χ4v) is 5.86. The molecule has 0 bridgehead atoms. The number of phosphoric ester groups is 1. The summed E-state index contributed by atoms with van der Waals surface area (Å²) in [5, 5.41) is 8.88. The zero-order valence-electron chi connectivity index (χ0n) is 34.4. The summed E-state index contributed by atoms with van der Waals surface area (Å²) in [6.07, 6.45) is 45.5. The molecule has 0 saturated heterocycles. The van der Waals surface area contributed by atoms with Gasteiger partial charge in [-0.15, -0.1) is 0 Å². The van der Waals surface area contributed by atoms with Gasteiger partial charge in [-0.1, -0.05) is 132 Å². The van der Waals surface area contributed by atoms with Crippen molar-refractivity contribution in [3.8, 4) is 0 Å². The predicted molar refractivity (Wildman–Crippen MR) is 226 cm³/mol. The van der Waals surface area contributed by atoms with Crippen LogP contribution in [-0.4, -0.2) is 59.9 Å². The molecule has 320 valence electrons. The van der Waals surface area contributed by atoms with Gasteiger partial charge in [-0.2, -0.15) is 0 Å². The number of rotatable bonds is 38. The van der Waals surface area contributed by atoms with E-state index in [1.54, 1.807) is 0 Å². The van der Waals surface area contributed by atoms with Gasteiger partial charge in [0.15, 0.2) is 6.10 Å². The van der Waals surface area contributed by atoms with Gasteiger partial charge in [-0.05, 0) is 83.5 Å². The van der Waals surface area contributed by atoms with Crippen molar-refractivity contribution in [2.24, 2.45) is 5.73 Å². The third kappa shape index (κ3) is 37.8. The van der Waals surface area contributed by atoms with Crippen LogP contribution in [0.25, 0.3) is 0 Å². The largest absolute Gasteiger partial charge is 0.480 e. The lowest BCUT2D eigenvalue weighted by molar-refractivity contribution is -0.161. The van der Waals surface area contributed by atoms with Crippen molar-refractivity contribution in [2.75, 3.05) is 19.8 Å². The number of carbonyl (C=O) groups is 3. The monoisotopic (exact) mass is 808 g/mol. The molecule has 0 aromatic carbocycles. The van der Waals surface area contributed by atoms with Gasteiger partial charge >= 0.3 is 25.7 Å². The van der Waals surface area contributed by atoms with E-state index in [1.807, 2.05) is 6.08 Å². The Kier molecular flexibility index (Phi) is 36.6. The Balaban J connectivity index is 4.55. The summed E-state index contributed by atoms with van der Waals surface area (Å²) in [6.45, 7) is 2.65. The van der Waals surface area contributed by atoms with Gasteiger partial charge in [0.2, 0.25) is 0 Å². The lowest BCUT2D eigenvalue weighted by Gasteiger charge is -2.20. The lowest BCUT2D eigenvalue weighted by Crippen LogP contribution is -2.34. The van der Waals surface area contributed by atoms with Crippen LogP contribution in [0.2, 0.25) is 0 Å². The first-order chi connectivity index (χ1) is 27.1. The average molecular weight is 808 g/mol. The van der Waals surface area contributed by atoms with Crippen molar-refractivity contribution < 1.29 is 47.5 Å². The minimum absolute atomic E-state index is 0.0982. The minimum Gasteiger partial charge on any atom is -0.480 e. The van der Waals surface area contributed by atoms with Gasteiger partial charge in [0.05, 0.1) is 13.2 Å². The van der Waals surface area contributed by atoms with Crippen LogP contribution in [0.3, 0.4) is 0 Å². The first-order valence-electron chi connectivity index (χ1n) is 21.0. The maximum atomic E-state index is 12.6. The summed E-state index contributed by atoms with van der Waals surface area (Å²) in [5.41, 5.74) is 5.32. The quantitative estimate of drug-likeness (QED) is 0.0235. The second-order valence-electron chi connectivity index (χ2n) is 13.8. The highest BCUT2D eigenvalue weighted by atomic mass is 31.2. The summed E-state index contributed by atoms with van der Waals surface area (Å²) in [5.74, 6) is -2.50. The maximum absolute atomic E-state index is 12.6. The molecule has 0 rings (SSSR count). The van der Waals surface area contributed by atoms with E-state index < -0.39 is 57.7 Å². The standard InChI is InChI=1S/C44H74NO10P/c1-3-5-7-9-11-13-15-17-19-20-22-23-25-27-29-31-33-35-42(46)52-37-40(38-53-56(50,51)54-39-41(45)44(48)49)55-43(47)36-34-32-30-28-26-24-21-18-16-14-12-10-8-6-4-2/h12,14,17-19,21-23,26-29,40-41H,3-11,13,15-16,20,24-25,30-39,45H2,1-2H3,(H,48,49)(H,50,51)/b14-12-,19-17-,21-18-,23-22-,28-26-,29-27-/t40-,41+/m1/s1. The van der Waals surface area contributed by atoms with Crippen LogP contribution in [0.1, 0.15) is 155 Å². The fourth-order valence-electron chi connectivity index (χ4n) is 5.09. The molecule has 3 atom stereocenters. The number of carboxylic acid groups (broad SMARTS) is 1. The van der Waals surface area contributed by atoms with Crippen molar-refractivity contribution in [3.05, 3.63) is 72.9 Å². The summed E-state index contributed by atoms with van der Waals surface area (Å²) in [4.78, 5) is 45.8. The Morgan fingerprint density at radius 1 is 0.554 bits per heavy atom. The first-order valence-corrected chi connectivity index (χ1v) is 22.5. The number of unbranched alkanes of at least 4 members (excludes halogenated alkanes) is 12. The molecule has 4 N–H and O–H groups in total. The number of ether oxygens (including phenoxy) is 2. The lowest BCUT2D eigenvalue weighted by atomic mass is 10.1. The molecule has 11 nitrogen and oxygen atoms in total. The van der Waals surface area contributed by atoms with Crippen LogP contribution in [0, 0.1) is 0 Å². The van der Waals surface area contributed by atoms with E-state index in [-0.39, 0.29) is 12.8 Å². The number of allylic oxidation sites excluding steroid dienone is 12. The van der Waals surface area contributed by atoms with Crippen molar-refractivity contribution in [2.45, 2.75) is 167 Å². The van der Waals surface area contributed by atoms with E-state index in [2.05, 4.69) is 85.2 Å². The van der Waals surface area contributed by atoms with Gasteiger partial charge in [-0.3, -0.25) is 23.4 Å². The molecule has 0 heterocycles. The Hall–Kier alpha value is -3.08. The molecular weight excluding hydrogens is 733 g/mol. The van der Waals surface area contributed by atoms with Crippen molar-refractivity contribution in [1.29, 1.82) is 0 Å².